The zero-order valence-electron chi connectivity index (χ0n) is 7.40. The Morgan fingerprint density at radius 3 is 2.55 bits per heavy atom. The summed E-state index contributed by atoms with van der Waals surface area (Å²) < 4.78 is 0. The highest BCUT2D eigenvalue weighted by molar-refractivity contribution is 9.09. The zero-order chi connectivity index (χ0) is 8.69. The third kappa shape index (κ3) is 5.42. The minimum Gasteiger partial charge on any atom is -0.298 e. The molecule has 0 radical (unpaired) electrons. The number of rotatable bonds is 6. The van der Waals surface area contributed by atoms with E-state index >= 15 is 0 Å². The summed E-state index contributed by atoms with van der Waals surface area (Å²) >= 11 is 3.17. The van der Waals surface area contributed by atoms with Crippen molar-refractivity contribution in [2.75, 3.05) is 5.33 Å². The zero-order valence-corrected chi connectivity index (χ0v) is 8.99. The Hall–Kier alpha value is 0.150. The molecular formula is C9H17BrO. The predicted octanol–water partition coefficient (Wildman–Crippen LogP) is 3.17. The Labute approximate surface area is 77.7 Å². The fourth-order valence-electron chi connectivity index (χ4n) is 0.993. The SMILES string of the molecule is CCCCCC(C)C(=O)CBr. The first kappa shape index (κ1) is 11.2. The monoisotopic (exact) mass is 220 g/mol. The van der Waals surface area contributed by atoms with Gasteiger partial charge in [0.15, 0.2) is 0 Å². The van der Waals surface area contributed by atoms with Gasteiger partial charge in [-0.05, 0) is 6.42 Å². The number of hydrogen-bond donors (Lipinski definition) is 0. The van der Waals surface area contributed by atoms with E-state index in [9.17, 15) is 4.79 Å². The third-order valence-corrected chi connectivity index (χ3v) is 2.47. The molecule has 0 amide bonds. The molecule has 0 aromatic carbocycles. The molecule has 0 aliphatic rings. The maximum absolute atomic E-state index is 11.1. The van der Waals surface area contributed by atoms with Crippen molar-refractivity contribution in [1.29, 1.82) is 0 Å². The van der Waals surface area contributed by atoms with Crippen LogP contribution in [0.2, 0.25) is 0 Å². The van der Waals surface area contributed by atoms with Gasteiger partial charge in [-0.3, -0.25) is 4.79 Å². The van der Waals surface area contributed by atoms with Crippen molar-refractivity contribution in [3.8, 4) is 0 Å². The number of ketones is 1. The summed E-state index contributed by atoms with van der Waals surface area (Å²) in [4.78, 5) is 11.1. The van der Waals surface area contributed by atoms with Gasteiger partial charge < -0.3 is 0 Å². The van der Waals surface area contributed by atoms with Crippen molar-refractivity contribution >= 4 is 21.7 Å². The van der Waals surface area contributed by atoms with Crippen molar-refractivity contribution < 1.29 is 4.79 Å². The summed E-state index contributed by atoms with van der Waals surface area (Å²) in [5, 5.41) is 0.514. The number of unbranched alkanes of at least 4 members (excludes halogenated alkanes) is 2. The summed E-state index contributed by atoms with van der Waals surface area (Å²) in [5.41, 5.74) is 0. The Morgan fingerprint density at radius 1 is 1.45 bits per heavy atom. The van der Waals surface area contributed by atoms with Crippen LogP contribution in [0.4, 0.5) is 0 Å². The van der Waals surface area contributed by atoms with Crippen molar-refractivity contribution in [1.82, 2.24) is 0 Å². The molecule has 11 heavy (non-hydrogen) atoms. The Kier molecular flexibility index (Phi) is 6.93. The minimum atomic E-state index is 0.251. The fraction of sp³-hybridized carbons (Fsp3) is 0.889. The van der Waals surface area contributed by atoms with E-state index in [0.29, 0.717) is 11.1 Å². The lowest BCUT2D eigenvalue weighted by atomic mass is 10.00. The van der Waals surface area contributed by atoms with Crippen LogP contribution < -0.4 is 0 Å². The molecule has 0 aliphatic carbocycles. The highest BCUT2D eigenvalue weighted by atomic mass is 79.9. The van der Waals surface area contributed by atoms with Crippen molar-refractivity contribution in [3.05, 3.63) is 0 Å². The van der Waals surface area contributed by atoms with E-state index in [1.54, 1.807) is 0 Å². The molecular weight excluding hydrogens is 204 g/mol. The number of carbonyl (C=O) groups excluding carboxylic acids is 1. The lowest BCUT2D eigenvalue weighted by Crippen LogP contribution is -2.11. The lowest BCUT2D eigenvalue weighted by molar-refractivity contribution is -0.119. The lowest BCUT2D eigenvalue weighted by Gasteiger charge is -2.06. The molecule has 2 heteroatoms. The number of alkyl halides is 1. The van der Waals surface area contributed by atoms with Gasteiger partial charge in [-0.25, -0.2) is 0 Å². The van der Waals surface area contributed by atoms with Gasteiger partial charge in [-0.1, -0.05) is 49.0 Å². The number of halogens is 1. The third-order valence-electron chi connectivity index (χ3n) is 1.92. The first-order valence-electron chi connectivity index (χ1n) is 4.31. The predicted molar refractivity (Wildman–Crippen MR) is 52.1 cm³/mol. The van der Waals surface area contributed by atoms with Crippen LogP contribution in [0.3, 0.4) is 0 Å². The molecule has 0 heterocycles. The van der Waals surface area contributed by atoms with Gasteiger partial charge in [0.2, 0.25) is 0 Å². The summed E-state index contributed by atoms with van der Waals surface area (Å²) in [6.45, 7) is 4.19. The van der Waals surface area contributed by atoms with E-state index in [4.69, 9.17) is 0 Å². The molecule has 0 aromatic heterocycles. The normalized spacial score (nSPS) is 13.0. The van der Waals surface area contributed by atoms with Crippen LogP contribution in [-0.4, -0.2) is 11.1 Å². The molecule has 66 valence electrons. The summed E-state index contributed by atoms with van der Waals surface area (Å²) in [6.07, 6.45) is 4.73. The highest BCUT2D eigenvalue weighted by Crippen LogP contribution is 2.10. The Balaban J connectivity index is 3.36. The molecule has 0 rings (SSSR count). The molecule has 0 bridgehead atoms. The van der Waals surface area contributed by atoms with Crippen LogP contribution in [0.5, 0.6) is 0 Å². The van der Waals surface area contributed by atoms with Gasteiger partial charge in [-0.15, -0.1) is 0 Å². The van der Waals surface area contributed by atoms with Crippen LogP contribution in [-0.2, 0) is 4.79 Å². The summed E-state index contributed by atoms with van der Waals surface area (Å²) in [7, 11) is 0. The van der Waals surface area contributed by atoms with Gasteiger partial charge in [0, 0.05) is 5.92 Å². The second-order valence-electron chi connectivity index (χ2n) is 3.00. The van der Waals surface area contributed by atoms with Crippen LogP contribution in [0.25, 0.3) is 0 Å². The number of hydrogen-bond acceptors (Lipinski definition) is 1. The van der Waals surface area contributed by atoms with E-state index < -0.39 is 0 Å². The average molecular weight is 221 g/mol. The van der Waals surface area contributed by atoms with Crippen LogP contribution in [0.15, 0.2) is 0 Å². The Morgan fingerprint density at radius 2 is 2.09 bits per heavy atom. The van der Waals surface area contributed by atoms with Crippen molar-refractivity contribution in [2.45, 2.75) is 39.5 Å². The first-order valence-corrected chi connectivity index (χ1v) is 5.43. The average Bonchev–Trinajstić information content (AvgIpc) is 2.03. The van der Waals surface area contributed by atoms with E-state index in [2.05, 4.69) is 22.9 Å². The quantitative estimate of drug-likeness (QED) is 0.497. The maximum atomic E-state index is 11.1. The van der Waals surface area contributed by atoms with Crippen molar-refractivity contribution in [2.24, 2.45) is 5.92 Å². The van der Waals surface area contributed by atoms with Gasteiger partial charge in [-0.2, -0.15) is 0 Å². The van der Waals surface area contributed by atoms with Gasteiger partial charge >= 0.3 is 0 Å². The Bertz CT molecular complexity index is 112. The number of carbonyl (C=O) groups is 1. The molecule has 1 atom stereocenters. The van der Waals surface area contributed by atoms with E-state index in [-0.39, 0.29) is 5.92 Å². The van der Waals surface area contributed by atoms with Gasteiger partial charge in [0.1, 0.15) is 5.78 Å². The summed E-state index contributed by atoms with van der Waals surface area (Å²) in [6, 6.07) is 0. The molecule has 0 saturated heterocycles. The van der Waals surface area contributed by atoms with Gasteiger partial charge in [0.25, 0.3) is 0 Å². The molecule has 0 fully saturated rings. The molecule has 1 unspecified atom stereocenters. The largest absolute Gasteiger partial charge is 0.298 e. The molecule has 0 N–H and O–H groups in total. The van der Waals surface area contributed by atoms with E-state index in [1.807, 2.05) is 6.92 Å². The smallest absolute Gasteiger partial charge is 0.146 e. The van der Waals surface area contributed by atoms with Crippen LogP contribution in [0.1, 0.15) is 39.5 Å². The standard InChI is InChI=1S/C9H17BrO/c1-3-4-5-6-8(2)9(11)7-10/h8H,3-7H2,1-2H3. The molecule has 0 aromatic rings. The highest BCUT2D eigenvalue weighted by Gasteiger charge is 2.09. The summed E-state index contributed by atoms with van der Waals surface area (Å²) in [5.74, 6) is 0.585. The minimum absolute atomic E-state index is 0.251. The van der Waals surface area contributed by atoms with E-state index in [0.717, 1.165) is 6.42 Å². The number of Topliss-reactive ketones (excluding diaryl/α,β-unsaturated/α-hetero) is 1. The van der Waals surface area contributed by atoms with Crippen LogP contribution >= 0.6 is 15.9 Å². The van der Waals surface area contributed by atoms with Crippen LogP contribution in [0, 0.1) is 5.92 Å². The molecule has 0 saturated carbocycles. The fourth-order valence-corrected chi connectivity index (χ4v) is 1.55. The topological polar surface area (TPSA) is 17.1 Å². The van der Waals surface area contributed by atoms with Gasteiger partial charge in [0.05, 0.1) is 5.33 Å². The second kappa shape index (κ2) is 6.84. The molecule has 1 nitrogen and oxygen atoms in total. The van der Waals surface area contributed by atoms with E-state index in [1.165, 1.54) is 19.3 Å². The first-order chi connectivity index (χ1) is 5.22. The molecule has 0 aliphatic heterocycles. The second-order valence-corrected chi connectivity index (χ2v) is 3.56. The molecule has 0 spiro atoms. The maximum Gasteiger partial charge on any atom is 0.146 e. The van der Waals surface area contributed by atoms with Crippen molar-refractivity contribution in [3.63, 3.8) is 0 Å².